The number of likely N-dealkylation sites (tertiary alicyclic amines) is 1. The molecule has 0 saturated carbocycles. The lowest BCUT2D eigenvalue weighted by Crippen LogP contribution is -2.45. The molecule has 1 fully saturated rings. The number of thioether (sulfide) groups is 1. The van der Waals surface area contributed by atoms with E-state index < -0.39 is 0 Å². The van der Waals surface area contributed by atoms with E-state index in [4.69, 9.17) is 0 Å². The van der Waals surface area contributed by atoms with Crippen molar-refractivity contribution in [1.82, 2.24) is 10.2 Å². The fraction of sp³-hybridized carbons (Fsp3) is 0.571. The largest absolute Gasteiger partial charge is 0.316 e. The maximum absolute atomic E-state index is 3.39. The molecule has 2 nitrogen and oxygen atoms in total. The standard InChI is InChI=1S/C14H22N2S/c1-15-13-6-5-9-16(12-13)10-11-17-14-7-3-2-4-8-14/h2-4,7-8,13,15H,5-6,9-12H2,1H3. The Hall–Kier alpha value is -0.510. The van der Waals surface area contributed by atoms with Crippen molar-refractivity contribution in [3.63, 3.8) is 0 Å². The Kier molecular flexibility index (Phi) is 5.36. The quantitative estimate of drug-likeness (QED) is 0.808. The summed E-state index contributed by atoms with van der Waals surface area (Å²) in [5, 5.41) is 3.39. The molecule has 1 atom stereocenters. The molecule has 1 aromatic rings. The van der Waals surface area contributed by atoms with Gasteiger partial charge in [0.25, 0.3) is 0 Å². The van der Waals surface area contributed by atoms with Crippen molar-refractivity contribution >= 4 is 11.8 Å². The van der Waals surface area contributed by atoms with Gasteiger partial charge < -0.3 is 10.2 Å². The second-order valence-corrected chi connectivity index (χ2v) is 5.76. The number of nitrogens with one attached hydrogen (secondary N) is 1. The van der Waals surface area contributed by atoms with Crippen molar-refractivity contribution in [1.29, 1.82) is 0 Å². The van der Waals surface area contributed by atoms with Crippen LogP contribution in [0.3, 0.4) is 0 Å². The van der Waals surface area contributed by atoms with Crippen molar-refractivity contribution in [2.75, 3.05) is 32.4 Å². The van der Waals surface area contributed by atoms with Gasteiger partial charge in [0.05, 0.1) is 0 Å². The highest BCUT2D eigenvalue weighted by Gasteiger charge is 2.17. The highest BCUT2D eigenvalue weighted by Crippen LogP contribution is 2.18. The lowest BCUT2D eigenvalue weighted by Gasteiger charge is -2.32. The number of rotatable bonds is 5. The molecule has 0 spiro atoms. The summed E-state index contributed by atoms with van der Waals surface area (Å²) in [4.78, 5) is 3.97. The van der Waals surface area contributed by atoms with Gasteiger partial charge in [-0.15, -0.1) is 11.8 Å². The predicted octanol–water partition coefficient (Wildman–Crippen LogP) is 2.46. The van der Waals surface area contributed by atoms with Gasteiger partial charge in [0.2, 0.25) is 0 Å². The highest BCUT2D eigenvalue weighted by molar-refractivity contribution is 7.99. The summed E-state index contributed by atoms with van der Waals surface area (Å²) >= 11 is 1.96. The normalized spacial score (nSPS) is 21.6. The smallest absolute Gasteiger partial charge is 0.0192 e. The minimum atomic E-state index is 0.700. The maximum atomic E-state index is 3.39. The van der Waals surface area contributed by atoms with Crippen molar-refractivity contribution < 1.29 is 0 Å². The van der Waals surface area contributed by atoms with E-state index in [1.54, 1.807) is 0 Å². The first-order valence-electron chi connectivity index (χ1n) is 6.46. The molecule has 2 rings (SSSR count). The first-order valence-corrected chi connectivity index (χ1v) is 7.44. The van der Waals surface area contributed by atoms with Gasteiger partial charge in [-0.1, -0.05) is 18.2 Å². The van der Waals surface area contributed by atoms with Crippen LogP contribution in [0.25, 0.3) is 0 Å². The summed E-state index contributed by atoms with van der Waals surface area (Å²) in [6, 6.07) is 11.4. The number of hydrogen-bond acceptors (Lipinski definition) is 3. The molecule has 94 valence electrons. The molecule has 0 aliphatic carbocycles. The topological polar surface area (TPSA) is 15.3 Å². The molecule has 1 N–H and O–H groups in total. The van der Waals surface area contributed by atoms with Gasteiger partial charge in [0.1, 0.15) is 0 Å². The Bertz CT molecular complexity index is 315. The van der Waals surface area contributed by atoms with Crippen LogP contribution in [0, 0.1) is 0 Å². The summed E-state index contributed by atoms with van der Waals surface area (Å²) in [7, 11) is 2.08. The van der Waals surface area contributed by atoms with E-state index in [1.807, 2.05) is 11.8 Å². The zero-order valence-electron chi connectivity index (χ0n) is 10.6. The van der Waals surface area contributed by atoms with E-state index in [0.29, 0.717) is 6.04 Å². The van der Waals surface area contributed by atoms with Crippen LogP contribution in [-0.2, 0) is 0 Å². The second kappa shape index (κ2) is 7.04. The monoisotopic (exact) mass is 250 g/mol. The molecule has 1 saturated heterocycles. The van der Waals surface area contributed by atoms with Crippen LogP contribution >= 0.6 is 11.8 Å². The zero-order chi connectivity index (χ0) is 11.9. The van der Waals surface area contributed by atoms with Crippen LogP contribution < -0.4 is 5.32 Å². The number of piperidine rings is 1. The average molecular weight is 250 g/mol. The molecule has 1 heterocycles. The molecular weight excluding hydrogens is 228 g/mol. The molecule has 0 radical (unpaired) electrons. The van der Waals surface area contributed by atoms with Crippen LogP contribution in [0.2, 0.25) is 0 Å². The van der Waals surface area contributed by atoms with Gasteiger partial charge >= 0.3 is 0 Å². The van der Waals surface area contributed by atoms with E-state index in [0.717, 1.165) is 0 Å². The van der Waals surface area contributed by atoms with Crippen molar-refractivity contribution in [3.8, 4) is 0 Å². The lowest BCUT2D eigenvalue weighted by atomic mass is 10.1. The molecule has 0 bridgehead atoms. The molecule has 0 amide bonds. The SMILES string of the molecule is CNC1CCCN(CCSc2ccccc2)C1. The summed E-state index contributed by atoms with van der Waals surface area (Å²) in [6.07, 6.45) is 2.67. The fourth-order valence-corrected chi connectivity index (χ4v) is 3.24. The zero-order valence-corrected chi connectivity index (χ0v) is 11.4. The van der Waals surface area contributed by atoms with Crippen molar-refractivity contribution in [2.24, 2.45) is 0 Å². The van der Waals surface area contributed by atoms with Crippen LogP contribution in [0.4, 0.5) is 0 Å². The van der Waals surface area contributed by atoms with Crippen LogP contribution in [0.5, 0.6) is 0 Å². The van der Waals surface area contributed by atoms with Crippen molar-refractivity contribution in [3.05, 3.63) is 30.3 Å². The minimum absolute atomic E-state index is 0.700. The van der Waals surface area contributed by atoms with Gasteiger partial charge in [0.15, 0.2) is 0 Å². The Morgan fingerprint density at radius 2 is 2.18 bits per heavy atom. The Morgan fingerprint density at radius 3 is 2.94 bits per heavy atom. The third kappa shape index (κ3) is 4.34. The minimum Gasteiger partial charge on any atom is -0.316 e. The van der Waals surface area contributed by atoms with Crippen molar-refractivity contribution in [2.45, 2.75) is 23.8 Å². The summed E-state index contributed by atoms with van der Waals surface area (Å²) < 4.78 is 0. The fourth-order valence-electron chi connectivity index (χ4n) is 2.30. The third-order valence-corrected chi connectivity index (χ3v) is 4.33. The van der Waals surface area contributed by atoms with Gasteiger partial charge in [-0.25, -0.2) is 0 Å². The summed E-state index contributed by atoms with van der Waals surface area (Å²) in [6.45, 7) is 3.69. The van der Waals surface area contributed by atoms with Crippen LogP contribution in [0.15, 0.2) is 35.2 Å². The first kappa shape index (κ1) is 12.9. The van der Waals surface area contributed by atoms with Crippen LogP contribution in [0.1, 0.15) is 12.8 Å². The Morgan fingerprint density at radius 1 is 1.35 bits per heavy atom. The average Bonchev–Trinajstić information content (AvgIpc) is 2.40. The lowest BCUT2D eigenvalue weighted by molar-refractivity contribution is 0.206. The molecule has 1 aliphatic rings. The molecule has 3 heteroatoms. The Labute approximate surface area is 109 Å². The molecule has 1 aromatic carbocycles. The number of hydrogen-bond donors (Lipinski definition) is 1. The molecule has 0 aromatic heterocycles. The van der Waals surface area contributed by atoms with Gasteiger partial charge in [0, 0.05) is 29.8 Å². The molecule has 1 unspecified atom stereocenters. The van der Waals surface area contributed by atoms with E-state index in [9.17, 15) is 0 Å². The highest BCUT2D eigenvalue weighted by atomic mass is 32.2. The first-order chi connectivity index (χ1) is 8.38. The van der Waals surface area contributed by atoms with E-state index >= 15 is 0 Å². The molecule has 1 aliphatic heterocycles. The second-order valence-electron chi connectivity index (χ2n) is 4.59. The van der Waals surface area contributed by atoms with E-state index in [1.165, 1.54) is 43.1 Å². The molecular formula is C14H22N2S. The Balaban J connectivity index is 1.68. The van der Waals surface area contributed by atoms with E-state index in [-0.39, 0.29) is 0 Å². The summed E-state index contributed by atoms with van der Waals surface area (Å²) in [5.41, 5.74) is 0. The maximum Gasteiger partial charge on any atom is 0.0192 e. The molecule has 17 heavy (non-hydrogen) atoms. The third-order valence-electron chi connectivity index (χ3n) is 3.33. The van der Waals surface area contributed by atoms with Gasteiger partial charge in [-0.2, -0.15) is 0 Å². The van der Waals surface area contributed by atoms with Gasteiger partial charge in [-0.3, -0.25) is 0 Å². The predicted molar refractivity (Wildman–Crippen MR) is 75.7 cm³/mol. The summed E-state index contributed by atoms with van der Waals surface area (Å²) in [5.74, 6) is 1.19. The number of likely N-dealkylation sites (N-methyl/N-ethyl adjacent to an activating group) is 1. The van der Waals surface area contributed by atoms with Gasteiger partial charge in [-0.05, 0) is 38.6 Å². The number of benzene rings is 1. The van der Waals surface area contributed by atoms with E-state index in [2.05, 4.69) is 47.6 Å². The number of nitrogens with zero attached hydrogens (tertiary/aromatic N) is 1. The van der Waals surface area contributed by atoms with Crippen LogP contribution in [-0.4, -0.2) is 43.4 Å².